The van der Waals surface area contributed by atoms with E-state index in [4.69, 9.17) is 4.74 Å². The molecule has 0 aromatic heterocycles. The van der Waals surface area contributed by atoms with E-state index >= 15 is 0 Å². The van der Waals surface area contributed by atoms with Crippen molar-refractivity contribution >= 4 is 11.9 Å². The van der Waals surface area contributed by atoms with Crippen LogP contribution in [0.15, 0.2) is 25.0 Å². The quantitative estimate of drug-likeness (QED) is 0.407. The molecule has 4 heteroatoms. The Bertz CT molecular complexity index is 264. The molecule has 0 spiro atoms. The molecule has 4 nitrogen and oxygen atoms in total. The van der Waals surface area contributed by atoms with E-state index in [2.05, 4.69) is 17.9 Å². The van der Waals surface area contributed by atoms with Gasteiger partial charge in [0.05, 0.1) is 6.26 Å². The molecule has 15 heavy (non-hydrogen) atoms. The second-order valence-corrected chi connectivity index (χ2v) is 3.16. The highest BCUT2D eigenvalue weighted by Gasteiger charge is 2.25. The molecule has 0 aromatic rings. The summed E-state index contributed by atoms with van der Waals surface area (Å²) in [7, 11) is 0. The van der Waals surface area contributed by atoms with Gasteiger partial charge in [-0.2, -0.15) is 0 Å². The van der Waals surface area contributed by atoms with Crippen molar-refractivity contribution in [3.05, 3.63) is 25.0 Å². The van der Waals surface area contributed by atoms with Crippen LogP contribution in [0.3, 0.4) is 0 Å². The third-order valence-corrected chi connectivity index (χ3v) is 1.40. The molecule has 1 saturated carbocycles. The zero-order valence-electron chi connectivity index (χ0n) is 9.12. The molecule has 0 heterocycles. The maximum Gasteiger partial charge on any atom is 0.333 e. The highest BCUT2D eigenvalue weighted by atomic mass is 16.5. The molecule has 1 rings (SSSR count). The number of esters is 2. The number of carbonyl (C=O) groups is 2. The van der Waals surface area contributed by atoms with Crippen molar-refractivity contribution in [3.63, 3.8) is 0 Å². The van der Waals surface area contributed by atoms with E-state index in [9.17, 15) is 9.59 Å². The van der Waals surface area contributed by atoms with Crippen molar-refractivity contribution < 1.29 is 19.1 Å². The minimum absolute atomic E-state index is 0.203. The highest BCUT2D eigenvalue weighted by molar-refractivity contribution is 5.87. The second-order valence-electron chi connectivity index (χ2n) is 3.16. The molecule has 0 atom stereocenters. The maximum atomic E-state index is 10.7. The molecule has 0 unspecified atom stereocenters. The van der Waals surface area contributed by atoms with Gasteiger partial charge in [-0.3, -0.25) is 4.79 Å². The highest BCUT2D eigenvalue weighted by Crippen LogP contribution is 2.24. The molecule has 1 aliphatic rings. The van der Waals surface area contributed by atoms with Gasteiger partial charge in [-0.05, 0) is 19.8 Å². The standard InChI is InChI=1S/C7H10O2.C4H6O2/c1-5(2)7(8)9-6-3-4-6;1-3-6-4(2)5/h6H,1,3-4H2,2H3;3H,1H2,2H3. The zero-order chi connectivity index (χ0) is 11.8. The van der Waals surface area contributed by atoms with Crippen molar-refractivity contribution in [1.82, 2.24) is 0 Å². The Labute approximate surface area is 89.6 Å². The Morgan fingerprint density at radius 1 is 1.33 bits per heavy atom. The third kappa shape index (κ3) is 8.74. The van der Waals surface area contributed by atoms with Gasteiger partial charge in [0.15, 0.2) is 0 Å². The molecule has 0 aromatic carbocycles. The summed E-state index contributed by atoms with van der Waals surface area (Å²) in [4.78, 5) is 20.4. The first kappa shape index (κ1) is 13.4. The van der Waals surface area contributed by atoms with E-state index in [1.54, 1.807) is 6.92 Å². The molecule has 0 radical (unpaired) electrons. The van der Waals surface area contributed by atoms with E-state index in [0.717, 1.165) is 19.1 Å². The number of carbonyl (C=O) groups excluding carboxylic acids is 2. The van der Waals surface area contributed by atoms with Crippen LogP contribution in [0.4, 0.5) is 0 Å². The summed E-state index contributed by atoms with van der Waals surface area (Å²) in [5.74, 6) is -0.581. The summed E-state index contributed by atoms with van der Waals surface area (Å²) >= 11 is 0. The minimum atomic E-state index is -0.329. The fourth-order valence-electron chi connectivity index (χ4n) is 0.555. The van der Waals surface area contributed by atoms with Crippen molar-refractivity contribution in [2.45, 2.75) is 32.8 Å². The molecule has 84 valence electrons. The van der Waals surface area contributed by atoms with Gasteiger partial charge in [0.1, 0.15) is 6.10 Å². The van der Waals surface area contributed by atoms with Crippen molar-refractivity contribution in [2.24, 2.45) is 0 Å². The summed E-state index contributed by atoms with van der Waals surface area (Å²) in [6, 6.07) is 0. The number of ether oxygens (including phenoxy) is 2. The molecule has 0 N–H and O–H groups in total. The van der Waals surface area contributed by atoms with Crippen LogP contribution < -0.4 is 0 Å². The van der Waals surface area contributed by atoms with E-state index in [0.29, 0.717) is 5.57 Å². The van der Waals surface area contributed by atoms with E-state index in [1.807, 2.05) is 0 Å². The lowest BCUT2D eigenvalue weighted by atomic mass is 10.4. The fraction of sp³-hybridized carbons (Fsp3) is 0.455. The van der Waals surface area contributed by atoms with E-state index < -0.39 is 0 Å². The lowest BCUT2D eigenvalue weighted by molar-refractivity contribution is -0.140. The van der Waals surface area contributed by atoms with Gasteiger partial charge < -0.3 is 9.47 Å². The summed E-state index contributed by atoms with van der Waals surface area (Å²) in [6.45, 7) is 9.60. The Morgan fingerprint density at radius 2 is 1.87 bits per heavy atom. The molecular weight excluding hydrogens is 196 g/mol. The Balaban J connectivity index is 0.000000288. The summed E-state index contributed by atoms with van der Waals surface area (Å²) < 4.78 is 9.05. The van der Waals surface area contributed by atoms with Crippen LogP contribution in [0.5, 0.6) is 0 Å². The number of hydrogen-bond acceptors (Lipinski definition) is 4. The Kier molecular flexibility index (Phi) is 6.09. The van der Waals surface area contributed by atoms with Crippen LogP contribution in [0.25, 0.3) is 0 Å². The molecular formula is C11H16O4. The zero-order valence-corrected chi connectivity index (χ0v) is 9.12. The van der Waals surface area contributed by atoms with Crippen LogP contribution >= 0.6 is 0 Å². The monoisotopic (exact) mass is 212 g/mol. The normalized spacial score (nSPS) is 12.9. The second kappa shape index (κ2) is 6.81. The van der Waals surface area contributed by atoms with Crippen LogP contribution in [-0.2, 0) is 19.1 Å². The molecule has 1 fully saturated rings. The lowest BCUT2D eigenvalue weighted by Gasteiger charge is -1.98. The Hall–Kier alpha value is -1.58. The third-order valence-electron chi connectivity index (χ3n) is 1.40. The first-order valence-electron chi connectivity index (χ1n) is 4.62. The molecule has 0 saturated heterocycles. The first-order chi connectivity index (χ1) is 6.97. The minimum Gasteiger partial charge on any atom is -0.459 e. The number of rotatable bonds is 3. The fourth-order valence-corrected chi connectivity index (χ4v) is 0.555. The first-order valence-corrected chi connectivity index (χ1v) is 4.62. The predicted octanol–water partition coefficient (Wildman–Crippen LogP) is 1.96. The molecule has 0 bridgehead atoms. The molecule has 1 aliphatic carbocycles. The predicted molar refractivity (Wildman–Crippen MR) is 55.9 cm³/mol. The number of hydrogen-bond donors (Lipinski definition) is 0. The van der Waals surface area contributed by atoms with Gasteiger partial charge in [-0.25, -0.2) is 4.79 Å². The van der Waals surface area contributed by atoms with Crippen molar-refractivity contribution in [3.8, 4) is 0 Å². The topological polar surface area (TPSA) is 52.6 Å². The Morgan fingerprint density at radius 3 is 2.07 bits per heavy atom. The van der Waals surface area contributed by atoms with Gasteiger partial charge in [0.25, 0.3) is 0 Å². The smallest absolute Gasteiger partial charge is 0.333 e. The van der Waals surface area contributed by atoms with Gasteiger partial charge in [0, 0.05) is 12.5 Å². The van der Waals surface area contributed by atoms with Crippen LogP contribution in [0, 0.1) is 0 Å². The SMILES string of the molecule is C=C(C)C(=O)OC1CC1.C=COC(C)=O. The van der Waals surface area contributed by atoms with E-state index in [-0.39, 0.29) is 18.0 Å². The van der Waals surface area contributed by atoms with Gasteiger partial charge in [-0.15, -0.1) is 0 Å². The van der Waals surface area contributed by atoms with Crippen LogP contribution in [-0.4, -0.2) is 18.0 Å². The summed E-state index contributed by atoms with van der Waals surface area (Å²) in [5, 5.41) is 0. The van der Waals surface area contributed by atoms with Crippen LogP contribution in [0.1, 0.15) is 26.7 Å². The average Bonchev–Trinajstić information content (AvgIpc) is 2.88. The van der Waals surface area contributed by atoms with Crippen molar-refractivity contribution in [2.75, 3.05) is 0 Å². The largest absolute Gasteiger partial charge is 0.459 e. The summed E-state index contributed by atoms with van der Waals surface area (Å²) in [6.07, 6.45) is 3.36. The van der Waals surface area contributed by atoms with Gasteiger partial charge in [-0.1, -0.05) is 13.2 Å². The van der Waals surface area contributed by atoms with Crippen molar-refractivity contribution in [1.29, 1.82) is 0 Å². The van der Waals surface area contributed by atoms with Gasteiger partial charge in [0.2, 0.25) is 0 Å². The molecule has 0 amide bonds. The van der Waals surface area contributed by atoms with E-state index in [1.165, 1.54) is 6.92 Å². The maximum absolute atomic E-state index is 10.7. The summed E-state index contributed by atoms with van der Waals surface area (Å²) in [5.41, 5.74) is 0.488. The lowest BCUT2D eigenvalue weighted by Crippen LogP contribution is -2.05. The van der Waals surface area contributed by atoms with Crippen LogP contribution in [0.2, 0.25) is 0 Å². The average molecular weight is 212 g/mol. The molecule has 0 aliphatic heterocycles. The van der Waals surface area contributed by atoms with Gasteiger partial charge >= 0.3 is 11.9 Å².